The molecular formula is C34H35Cl2N3O4S. The van der Waals surface area contributed by atoms with E-state index in [1.54, 1.807) is 19.2 Å². The second-order valence-electron chi connectivity index (χ2n) is 9.81. The number of methoxy groups -OCH3 is 1. The van der Waals surface area contributed by atoms with Gasteiger partial charge in [0, 0.05) is 52.6 Å². The molecule has 3 aromatic rings. The molecule has 1 amide bonds. The summed E-state index contributed by atoms with van der Waals surface area (Å²) in [4.78, 5) is 24.8. The summed E-state index contributed by atoms with van der Waals surface area (Å²) in [6.07, 6.45) is 18.4. The molecule has 10 heteroatoms. The largest absolute Gasteiger partial charge is 0.481 e. The van der Waals surface area contributed by atoms with Gasteiger partial charge in [0.05, 0.1) is 35.3 Å². The molecule has 0 radical (unpaired) electrons. The quantitative estimate of drug-likeness (QED) is 0.128. The number of aliphatic carboxylic acids is 1. The van der Waals surface area contributed by atoms with Crippen molar-refractivity contribution in [3.8, 4) is 23.6 Å². The van der Waals surface area contributed by atoms with Crippen LogP contribution in [-0.4, -0.2) is 47.0 Å². The Kier molecular flexibility index (Phi) is 13.7. The van der Waals surface area contributed by atoms with Crippen LogP contribution in [0.25, 0.3) is 16.8 Å². The van der Waals surface area contributed by atoms with Gasteiger partial charge >= 0.3 is 5.97 Å². The number of aromatic nitrogens is 2. The smallest absolute Gasteiger partial charge is 0.305 e. The first-order chi connectivity index (χ1) is 21.1. The number of terminal acetylenes is 1. The van der Waals surface area contributed by atoms with Gasteiger partial charge in [-0.1, -0.05) is 53.6 Å². The van der Waals surface area contributed by atoms with Crippen LogP contribution in [0.1, 0.15) is 53.0 Å². The van der Waals surface area contributed by atoms with Gasteiger partial charge in [0.25, 0.3) is 5.91 Å². The molecule has 0 bridgehead atoms. The zero-order valence-electron chi connectivity index (χ0n) is 24.8. The van der Waals surface area contributed by atoms with Crippen LogP contribution in [0.5, 0.6) is 0 Å². The average molecular weight is 653 g/mol. The Morgan fingerprint density at radius 3 is 2.61 bits per heavy atom. The SMILES string of the molecule is C#CC/C=C(\C=C/COC)/C=C(\C=C/C)c1cc(-c2cc(Cl)cc(Cl)c2)nn1C(C)Cc1ccc(C(=O)NCCC(=O)O)s1. The second kappa shape index (κ2) is 17.4. The number of carboxylic acid groups (broad SMARTS) is 1. The molecule has 44 heavy (non-hydrogen) atoms. The van der Waals surface area contributed by atoms with Gasteiger partial charge in [0.15, 0.2) is 0 Å². The lowest BCUT2D eigenvalue weighted by molar-refractivity contribution is -0.136. The number of thiophene rings is 1. The van der Waals surface area contributed by atoms with Crippen molar-refractivity contribution in [3.05, 3.63) is 104 Å². The normalized spacial score (nSPS) is 13.0. The number of hydrogen-bond donors (Lipinski definition) is 2. The molecular weight excluding hydrogens is 617 g/mol. The zero-order chi connectivity index (χ0) is 32.1. The van der Waals surface area contributed by atoms with Gasteiger partial charge in [-0.15, -0.1) is 23.7 Å². The van der Waals surface area contributed by atoms with E-state index in [1.165, 1.54) is 11.3 Å². The van der Waals surface area contributed by atoms with Crippen molar-refractivity contribution in [1.29, 1.82) is 0 Å². The van der Waals surface area contributed by atoms with Gasteiger partial charge in [0.2, 0.25) is 0 Å². The molecule has 0 fully saturated rings. The van der Waals surface area contributed by atoms with E-state index in [2.05, 4.69) is 24.2 Å². The molecule has 0 aliphatic carbocycles. The zero-order valence-corrected chi connectivity index (χ0v) is 27.2. The molecule has 1 atom stereocenters. The van der Waals surface area contributed by atoms with Crippen molar-refractivity contribution in [1.82, 2.24) is 15.1 Å². The Labute approximate surface area is 272 Å². The minimum atomic E-state index is -0.962. The highest BCUT2D eigenvalue weighted by Crippen LogP contribution is 2.32. The summed E-state index contributed by atoms with van der Waals surface area (Å²) in [5, 5.41) is 17.5. The summed E-state index contributed by atoms with van der Waals surface area (Å²) in [6, 6.07) is 10.9. The first-order valence-corrected chi connectivity index (χ1v) is 15.5. The van der Waals surface area contributed by atoms with E-state index < -0.39 is 5.97 Å². The molecule has 2 aromatic heterocycles. The summed E-state index contributed by atoms with van der Waals surface area (Å²) >= 11 is 14.0. The summed E-state index contributed by atoms with van der Waals surface area (Å²) in [7, 11) is 1.64. The fourth-order valence-electron chi connectivity index (χ4n) is 4.35. The molecule has 1 aromatic carbocycles. The molecule has 1 unspecified atom stereocenters. The van der Waals surface area contributed by atoms with Crippen molar-refractivity contribution in [2.24, 2.45) is 0 Å². The van der Waals surface area contributed by atoms with Gasteiger partial charge in [-0.05, 0) is 61.9 Å². The number of nitrogens with zero attached hydrogens (tertiary/aromatic N) is 2. The van der Waals surface area contributed by atoms with Crippen molar-refractivity contribution in [3.63, 3.8) is 0 Å². The number of rotatable bonds is 15. The first-order valence-electron chi connectivity index (χ1n) is 13.9. The van der Waals surface area contributed by atoms with Crippen LogP contribution >= 0.6 is 34.5 Å². The van der Waals surface area contributed by atoms with Gasteiger partial charge in [-0.3, -0.25) is 14.3 Å². The lowest BCUT2D eigenvalue weighted by Gasteiger charge is -2.16. The van der Waals surface area contributed by atoms with Crippen LogP contribution in [0, 0.1) is 12.3 Å². The van der Waals surface area contributed by atoms with E-state index >= 15 is 0 Å². The lowest BCUT2D eigenvalue weighted by Crippen LogP contribution is -2.25. The third-order valence-corrected chi connectivity index (χ3v) is 7.85. The molecule has 0 saturated heterocycles. The molecule has 0 spiro atoms. The Hall–Kier alpha value is -3.87. The predicted octanol–water partition coefficient (Wildman–Crippen LogP) is 8.04. The fourth-order valence-corrected chi connectivity index (χ4v) is 5.92. The lowest BCUT2D eigenvalue weighted by atomic mass is 10.0. The Bertz CT molecular complexity index is 1600. The van der Waals surface area contributed by atoms with Crippen LogP contribution in [0.2, 0.25) is 10.0 Å². The monoisotopic (exact) mass is 651 g/mol. The van der Waals surface area contributed by atoms with Crippen molar-refractivity contribution >= 4 is 52.0 Å². The molecule has 230 valence electrons. The number of carboxylic acids is 1. The topological polar surface area (TPSA) is 93.5 Å². The minimum absolute atomic E-state index is 0.0727. The number of nitrogens with one attached hydrogen (secondary N) is 1. The number of carbonyl (C=O) groups is 2. The molecule has 2 heterocycles. The number of hydrogen-bond acceptors (Lipinski definition) is 5. The number of benzene rings is 1. The van der Waals surface area contributed by atoms with Crippen LogP contribution in [0.4, 0.5) is 0 Å². The molecule has 3 rings (SSSR count). The van der Waals surface area contributed by atoms with Crippen molar-refractivity contribution in [2.75, 3.05) is 20.3 Å². The average Bonchev–Trinajstić information content (AvgIpc) is 3.63. The summed E-state index contributed by atoms with van der Waals surface area (Å²) in [5.41, 5.74) is 4.21. The minimum Gasteiger partial charge on any atom is -0.481 e. The molecule has 2 N–H and O–H groups in total. The molecule has 0 saturated carbocycles. The maximum atomic E-state index is 12.5. The Morgan fingerprint density at radius 2 is 1.95 bits per heavy atom. The number of halogens is 2. The summed E-state index contributed by atoms with van der Waals surface area (Å²) in [5.74, 6) is 1.42. The summed E-state index contributed by atoms with van der Waals surface area (Å²) in [6.45, 7) is 4.56. The third kappa shape index (κ3) is 10.4. The summed E-state index contributed by atoms with van der Waals surface area (Å²) < 4.78 is 7.16. The molecule has 7 nitrogen and oxygen atoms in total. The number of allylic oxidation sites excluding steroid dienone is 7. The predicted molar refractivity (Wildman–Crippen MR) is 180 cm³/mol. The molecule has 0 aliphatic rings. The van der Waals surface area contributed by atoms with Gasteiger partial charge in [0.1, 0.15) is 0 Å². The maximum Gasteiger partial charge on any atom is 0.305 e. The van der Waals surface area contributed by atoms with Gasteiger partial charge in [-0.25, -0.2) is 0 Å². The highest BCUT2D eigenvalue weighted by Gasteiger charge is 2.19. The fraction of sp³-hybridized carbons (Fsp3) is 0.265. The standard InChI is InChI=1S/C34H35Cl2N3O4S/c1-5-7-10-24(11-8-16-43-4)18-25(9-6-2)31-22-30(26-19-27(35)21-28(36)20-26)38-39(31)23(3)17-29-12-13-32(44-29)34(42)37-15-14-33(40)41/h1,6,8-13,18-23H,7,14-17H2,2-4H3,(H,37,42)(H,40,41)/b9-6-,11-8-,24-10+,25-18+. The first kappa shape index (κ1) is 34.6. The molecule has 0 aliphatic heterocycles. The second-order valence-corrected chi connectivity index (χ2v) is 11.8. The van der Waals surface area contributed by atoms with Crippen LogP contribution < -0.4 is 5.32 Å². The number of ether oxygens (including phenoxy) is 1. The van der Waals surface area contributed by atoms with E-state index in [-0.39, 0.29) is 24.9 Å². The van der Waals surface area contributed by atoms with E-state index in [0.717, 1.165) is 27.3 Å². The Balaban J connectivity index is 2.04. The number of amides is 1. The highest BCUT2D eigenvalue weighted by molar-refractivity contribution is 7.14. The van der Waals surface area contributed by atoms with Crippen molar-refractivity contribution in [2.45, 2.75) is 39.2 Å². The van der Waals surface area contributed by atoms with E-state index in [9.17, 15) is 9.59 Å². The van der Waals surface area contributed by atoms with Crippen LogP contribution in [0.3, 0.4) is 0 Å². The van der Waals surface area contributed by atoms with E-state index in [4.69, 9.17) is 44.6 Å². The maximum absolute atomic E-state index is 12.5. The Morgan fingerprint density at radius 1 is 1.20 bits per heavy atom. The van der Waals surface area contributed by atoms with Gasteiger partial charge < -0.3 is 15.2 Å². The van der Waals surface area contributed by atoms with Crippen molar-refractivity contribution < 1.29 is 19.4 Å². The highest BCUT2D eigenvalue weighted by atomic mass is 35.5. The van der Waals surface area contributed by atoms with E-state index in [1.807, 2.05) is 66.3 Å². The van der Waals surface area contributed by atoms with Crippen LogP contribution in [-0.2, 0) is 16.0 Å². The van der Waals surface area contributed by atoms with E-state index in [0.29, 0.717) is 40.1 Å². The van der Waals surface area contributed by atoms with Crippen LogP contribution in [0.15, 0.2) is 78.4 Å². The van der Waals surface area contributed by atoms with Gasteiger partial charge in [-0.2, -0.15) is 5.10 Å². The third-order valence-electron chi connectivity index (χ3n) is 6.31. The number of carbonyl (C=O) groups excluding carboxylic acids is 1.